The highest BCUT2D eigenvalue weighted by Crippen LogP contribution is 2.24. The first-order chi connectivity index (χ1) is 8.58. The molecule has 1 rings (SSSR count). The zero-order valence-corrected chi connectivity index (χ0v) is 11.5. The Morgan fingerprint density at radius 1 is 1.50 bits per heavy atom. The summed E-state index contributed by atoms with van der Waals surface area (Å²) in [6.45, 7) is 6.34. The summed E-state index contributed by atoms with van der Waals surface area (Å²) in [7, 11) is 0. The van der Waals surface area contributed by atoms with E-state index < -0.39 is 0 Å². The summed E-state index contributed by atoms with van der Waals surface area (Å²) in [6.07, 6.45) is 3.39. The molecule has 0 amide bonds. The molecule has 0 spiro atoms. The molecule has 0 fully saturated rings. The lowest BCUT2D eigenvalue weighted by molar-refractivity contribution is -0.145. The van der Waals surface area contributed by atoms with E-state index in [0.717, 1.165) is 37.0 Å². The molecule has 0 aromatic rings. The van der Waals surface area contributed by atoms with Crippen molar-refractivity contribution in [1.29, 1.82) is 5.26 Å². The Balaban J connectivity index is 2.72. The normalized spacial score (nSPS) is 16.6. The van der Waals surface area contributed by atoms with Crippen molar-refractivity contribution in [2.45, 2.75) is 52.5 Å². The van der Waals surface area contributed by atoms with Crippen LogP contribution in [0.2, 0.25) is 0 Å². The van der Waals surface area contributed by atoms with Crippen LogP contribution in [0.25, 0.3) is 0 Å². The summed E-state index contributed by atoms with van der Waals surface area (Å²) in [4.78, 5) is 11.9. The van der Waals surface area contributed by atoms with Gasteiger partial charge >= 0.3 is 5.97 Å². The van der Waals surface area contributed by atoms with Crippen LogP contribution in [0.1, 0.15) is 46.5 Å². The average molecular weight is 250 g/mol. The molecule has 0 heterocycles. The minimum Gasteiger partial charge on any atom is -0.464 e. The van der Waals surface area contributed by atoms with Gasteiger partial charge in [-0.3, -0.25) is 0 Å². The fourth-order valence-electron chi connectivity index (χ4n) is 2.17. The molecule has 0 aromatic heterocycles. The van der Waals surface area contributed by atoms with Crippen molar-refractivity contribution >= 4 is 5.97 Å². The predicted molar refractivity (Wildman–Crippen MR) is 69.5 cm³/mol. The molecular weight excluding hydrogens is 228 g/mol. The molecule has 0 aromatic carbocycles. The third-order valence-corrected chi connectivity index (χ3v) is 2.98. The lowest BCUT2D eigenvalue weighted by atomic mass is 10.0. The van der Waals surface area contributed by atoms with Gasteiger partial charge in [0.15, 0.2) is 0 Å². The molecule has 0 saturated carbocycles. The van der Waals surface area contributed by atoms with Crippen LogP contribution in [-0.2, 0) is 9.53 Å². The van der Waals surface area contributed by atoms with Crippen LogP contribution < -0.4 is 5.32 Å². The number of hydrogen-bond donors (Lipinski definition) is 1. The Morgan fingerprint density at radius 3 is 2.78 bits per heavy atom. The topological polar surface area (TPSA) is 62.1 Å². The maximum atomic E-state index is 11.9. The van der Waals surface area contributed by atoms with E-state index in [1.54, 1.807) is 6.92 Å². The maximum Gasteiger partial charge on any atom is 0.328 e. The summed E-state index contributed by atoms with van der Waals surface area (Å²) in [5.41, 5.74) is 1.71. The number of nitriles is 1. The number of carbonyl (C=O) groups is 1. The highest BCUT2D eigenvalue weighted by atomic mass is 16.5. The van der Waals surface area contributed by atoms with Crippen molar-refractivity contribution in [3.8, 4) is 6.07 Å². The zero-order valence-electron chi connectivity index (χ0n) is 11.5. The number of hydrogen-bond acceptors (Lipinski definition) is 4. The third kappa shape index (κ3) is 4.06. The fourth-order valence-corrected chi connectivity index (χ4v) is 2.17. The van der Waals surface area contributed by atoms with Crippen molar-refractivity contribution in [2.24, 2.45) is 5.92 Å². The Morgan fingerprint density at radius 2 is 2.22 bits per heavy atom. The van der Waals surface area contributed by atoms with Gasteiger partial charge in [-0.05, 0) is 38.5 Å². The Kier molecular flexibility index (Phi) is 5.70. The predicted octanol–water partition coefficient (Wildman–Crippen LogP) is 2.52. The largest absolute Gasteiger partial charge is 0.464 e. The first kappa shape index (κ1) is 14.6. The number of allylic oxidation sites excluding steroid dienone is 2. The van der Waals surface area contributed by atoms with Crippen LogP contribution in [0.3, 0.4) is 0 Å². The van der Waals surface area contributed by atoms with Crippen LogP contribution in [0.4, 0.5) is 0 Å². The minimum atomic E-state index is -0.332. The maximum absolute atomic E-state index is 11.9. The van der Waals surface area contributed by atoms with E-state index in [1.807, 2.05) is 0 Å². The fraction of sp³-hybridized carbons (Fsp3) is 0.714. The molecule has 4 nitrogen and oxygen atoms in total. The lowest BCUT2D eigenvalue weighted by Crippen LogP contribution is -2.38. The molecule has 0 bridgehead atoms. The lowest BCUT2D eigenvalue weighted by Gasteiger charge is -2.21. The monoisotopic (exact) mass is 250 g/mol. The van der Waals surface area contributed by atoms with Gasteiger partial charge in [-0.2, -0.15) is 5.26 Å². The van der Waals surface area contributed by atoms with E-state index in [9.17, 15) is 4.79 Å². The van der Waals surface area contributed by atoms with Gasteiger partial charge in [0.05, 0.1) is 12.7 Å². The molecular formula is C14H22N2O2. The molecule has 1 aliphatic carbocycles. The standard InChI is InChI=1S/C14H22N2O2/c1-4-18-14(17)13(8-10(2)3)16-12-7-5-6-11(12)9-15/h10,13,16H,4-8H2,1-3H3/t13-/m0/s1. The van der Waals surface area contributed by atoms with E-state index in [-0.39, 0.29) is 12.0 Å². The molecule has 0 saturated heterocycles. The van der Waals surface area contributed by atoms with Crippen molar-refractivity contribution < 1.29 is 9.53 Å². The van der Waals surface area contributed by atoms with Gasteiger partial charge in [0, 0.05) is 11.3 Å². The molecule has 100 valence electrons. The first-order valence-corrected chi connectivity index (χ1v) is 6.63. The van der Waals surface area contributed by atoms with Gasteiger partial charge < -0.3 is 10.1 Å². The highest BCUT2D eigenvalue weighted by Gasteiger charge is 2.24. The Bertz CT molecular complexity index is 366. The van der Waals surface area contributed by atoms with E-state index in [2.05, 4.69) is 25.2 Å². The molecule has 1 aliphatic rings. The summed E-state index contributed by atoms with van der Waals surface area (Å²) >= 11 is 0. The molecule has 0 radical (unpaired) electrons. The quantitative estimate of drug-likeness (QED) is 0.736. The molecule has 0 aliphatic heterocycles. The van der Waals surface area contributed by atoms with Gasteiger partial charge in [0.2, 0.25) is 0 Å². The minimum absolute atomic E-state index is 0.220. The van der Waals surface area contributed by atoms with Gasteiger partial charge in [-0.25, -0.2) is 4.79 Å². The van der Waals surface area contributed by atoms with Crippen molar-refractivity contribution in [3.63, 3.8) is 0 Å². The number of esters is 1. The van der Waals surface area contributed by atoms with E-state index in [0.29, 0.717) is 12.5 Å². The highest BCUT2D eigenvalue weighted by molar-refractivity contribution is 5.76. The second-order valence-electron chi connectivity index (χ2n) is 5.00. The summed E-state index contributed by atoms with van der Waals surface area (Å²) in [6, 6.07) is 1.88. The van der Waals surface area contributed by atoms with E-state index in [4.69, 9.17) is 10.00 Å². The number of rotatable bonds is 6. The molecule has 4 heteroatoms. The average Bonchev–Trinajstić information content (AvgIpc) is 2.75. The van der Waals surface area contributed by atoms with Crippen LogP contribution in [0, 0.1) is 17.2 Å². The Hall–Kier alpha value is -1.50. The van der Waals surface area contributed by atoms with E-state index in [1.165, 1.54) is 0 Å². The number of nitrogens with zero attached hydrogens (tertiary/aromatic N) is 1. The van der Waals surface area contributed by atoms with E-state index >= 15 is 0 Å². The van der Waals surface area contributed by atoms with Gasteiger partial charge in [-0.15, -0.1) is 0 Å². The van der Waals surface area contributed by atoms with Crippen LogP contribution in [-0.4, -0.2) is 18.6 Å². The summed E-state index contributed by atoms with van der Waals surface area (Å²) < 4.78 is 5.08. The van der Waals surface area contributed by atoms with Gasteiger partial charge in [-0.1, -0.05) is 13.8 Å². The number of carbonyl (C=O) groups excluding carboxylic acids is 1. The van der Waals surface area contributed by atoms with Crippen LogP contribution in [0.5, 0.6) is 0 Å². The van der Waals surface area contributed by atoms with Crippen LogP contribution in [0.15, 0.2) is 11.3 Å². The Labute approximate surface area is 109 Å². The SMILES string of the molecule is CCOC(=O)[C@H](CC(C)C)NC1=C(C#N)CCC1. The zero-order chi connectivity index (χ0) is 13.5. The molecule has 0 unspecified atom stereocenters. The molecule has 18 heavy (non-hydrogen) atoms. The summed E-state index contributed by atoms with van der Waals surface area (Å²) in [5.74, 6) is 0.183. The molecule has 1 N–H and O–H groups in total. The molecule has 1 atom stereocenters. The first-order valence-electron chi connectivity index (χ1n) is 6.63. The van der Waals surface area contributed by atoms with Gasteiger partial charge in [0.25, 0.3) is 0 Å². The number of ether oxygens (including phenoxy) is 1. The number of nitrogens with one attached hydrogen (secondary N) is 1. The second kappa shape index (κ2) is 7.05. The second-order valence-corrected chi connectivity index (χ2v) is 5.00. The summed E-state index contributed by atoms with van der Waals surface area (Å²) in [5, 5.41) is 12.2. The van der Waals surface area contributed by atoms with Crippen molar-refractivity contribution in [2.75, 3.05) is 6.61 Å². The van der Waals surface area contributed by atoms with Crippen LogP contribution >= 0.6 is 0 Å². The third-order valence-electron chi connectivity index (χ3n) is 2.98. The van der Waals surface area contributed by atoms with Crippen molar-refractivity contribution in [1.82, 2.24) is 5.32 Å². The van der Waals surface area contributed by atoms with Gasteiger partial charge in [0.1, 0.15) is 6.04 Å². The van der Waals surface area contributed by atoms with Crippen molar-refractivity contribution in [3.05, 3.63) is 11.3 Å². The smallest absolute Gasteiger partial charge is 0.328 e.